The van der Waals surface area contributed by atoms with E-state index < -0.39 is 0 Å². The molecule has 0 radical (unpaired) electrons. The van der Waals surface area contributed by atoms with Crippen LogP contribution in [0.15, 0.2) is 18.5 Å². The summed E-state index contributed by atoms with van der Waals surface area (Å²) in [6.07, 6.45) is 3.61. The van der Waals surface area contributed by atoms with Gasteiger partial charge in [-0.3, -0.25) is 0 Å². The van der Waals surface area contributed by atoms with Gasteiger partial charge in [-0.15, -0.1) is 0 Å². The highest BCUT2D eigenvalue weighted by Crippen LogP contribution is 2.18. The highest BCUT2D eigenvalue weighted by Gasteiger charge is 2.01. The van der Waals surface area contributed by atoms with Crippen LogP contribution in [-0.2, 0) is 0 Å². The van der Waals surface area contributed by atoms with Gasteiger partial charge in [0.25, 0.3) is 0 Å². The molecule has 0 aliphatic carbocycles. The van der Waals surface area contributed by atoms with Crippen molar-refractivity contribution >= 4 is 33.5 Å². The zero-order chi connectivity index (χ0) is 8.55. The highest BCUT2D eigenvalue weighted by atomic mass is 127. The largest absolute Gasteiger partial charge is 0.360 e. The molecule has 2 heterocycles. The Bertz CT molecular complexity index is 467. The van der Waals surface area contributed by atoms with Crippen LogP contribution in [0, 0.1) is 14.9 Å². The van der Waals surface area contributed by atoms with Gasteiger partial charge in [0.05, 0.1) is 5.52 Å². The maximum absolute atomic E-state index is 8.58. The van der Waals surface area contributed by atoms with E-state index in [1.54, 1.807) is 12.3 Å². The monoisotopic (exact) mass is 269 g/mol. The van der Waals surface area contributed by atoms with Crippen LogP contribution >= 0.6 is 22.6 Å². The van der Waals surface area contributed by atoms with Gasteiger partial charge < -0.3 is 4.98 Å². The first kappa shape index (κ1) is 7.55. The van der Waals surface area contributed by atoms with Gasteiger partial charge in [-0.1, -0.05) is 0 Å². The third kappa shape index (κ3) is 1.06. The van der Waals surface area contributed by atoms with E-state index in [-0.39, 0.29) is 0 Å². The Kier molecular flexibility index (Phi) is 1.73. The van der Waals surface area contributed by atoms with E-state index in [1.807, 2.05) is 12.3 Å². The minimum atomic E-state index is 0.445. The van der Waals surface area contributed by atoms with E-state index in [2.05, 4.69) is 32.6 Å². The molecule has 0 amide bonds. The van der Waals surface area contributed by atoms with Crippen molar-refractivity contribution in [1.29, 1.82) is 5.26 Å². The standard InChI is InChI=1S/C8H4IN3/c9-7-4-12-8-1-5(2-10)11-3-6(7)8/h1,3-4,12H. The number of H-pyrrole nitrogens is 1. The number of hydrogen-bond donors (Lipinski definition) is 1. The number of fused-ring (bicyclic) bond motifs is 1. The molecule has 0 saturated heterocycles. The van der Waals surface area contributed by atoms with Crippen molar-refractivity contribution in [2.75, 3.05) is 0 Å². The molecule has 4 heteroatoms. The summed E-state index contributed by atoms with van der Waals surface area (Å²) in [7, 11) is 0. The van der Waals surface area contributed by atoms with Crippen molar-refractivity contribution in [1.82, 2.24) is 9.97 Å². The summed E-state index contributed by atoms with van der Waals surface area (Å²) < 4.78 is 1.12. The fraction of sp³-hybridized carbons (Fsp3) is 0. The van der Waals surface area contributed by atoms with Gasteiger partial charge in [-0.2, -0.15) is 5.26 Å². The average Bonchev–Trinajstić information content (AvgIpc) is 2.47. The Morgan fingerprint density at radius 1 is 1.58 bits per heavy atom. The summed E-state index contributed by atoms with van der Waals surface area (Å²) in [5, 5.41) is 9.64. The second kappa shape index (κ2) is 2.75. The van der Waals surface area contributed by atoms with Crippen molar-refractivity contribution in [2.24, 2.45) is 0 Å². The number of nitriles is 1. The van der Waals surface area contributed by atoms with Crippen LogP contribution in [0.1, 0.15) is 5.69 Å². The zero-order valence-corrected chi connectivity index (χ0v) is 8.16. The van der Waals surface area contributed by atoms with Gasteiger partial charge in [0.2, 0.25) is 0 Å². The topological polar surface area (TPSA) is 52.5 Å². The number of nitrogens with one attached hydrogen (secondary N) is 1. The van der Waals surface area contributed by atoms with Crippen LogP contribution in [0.5, 0.6) is 0 Å². The van der Waals surface area contributed by atoms with Crippen molar-refractivity contribution in [2.45, 2.75) is 0 Å². The molecule has 0 aromatic carbocycles. The second-order valence-corrected chi connectivity index (χ2v) is 3.53. The zero-order valence-electron chi connectivity index (χ0n) is 6.00. The molecule has 0 aliphatic heterocycles. The number of nitrogens with zero attached hydrogens (tertiary/aromatic N) is 2. The Morgan fingerprint density at radius 2 is 2.42 bits per heavy atom. The lowest BCUT2D eigenvalue weighted by atomic mass is 10.3. The third-order valence-electron chi connectivity index (χ3n) is 1.63. The van der Waals surface area contributed by atoms with Gasteiger partial charge in [0.15, 0.2) is 0 Å². The molecule has 0 atom stereocenters. The number of pyridine rings is 1. The van der Waals surface area contributed by atoms with E-state index in [0.29, 0.717) is 5.69 Å². The predicted molar refractivity (Wildman–Crippen MR) is 53.5 cm³/mol. The Balaban J connectivity index is 2.80. The predicted octanol–water partition coefficient (Wildman–Crippen LogP) is 2.04. The first-order valence-corrected chi connectivity index (χ1v) is 4.42. The van der Waals surface area contributed by atoms with Crippen LogP contribution in [0.2, 0.25) is 0 Å². The minimum absolute atomic E-state index is 0.445. The second-order valence-electron chi connectivity index (χ2n) is 2.36. The first-order valence-electron chi connectivity index (χ1n) is 3.34. The first-order chi connectivity index (χ1) is 5.81. The number of hydrogen-bond acceptors (Lipinski definition) is 2. The average molecular weight is 269 g/mol. The minimum Gasteiger partial charge on any atom is -0.360 e. The molecular weight excluding hydrogens is 265 g/mol. The molecule has 2 aromatic rings. The van der Waals surface area contributed by atoms with Crippen LogP contribution in [-0.4, -0.2) is 9.97 Å². The van der Waals surface area contributed by atoms with Gasteiger partial charge in [-0.05, 0) is 28.7 Å². The molecule has 0 spiro atoms. The van der Waals surface area contributed by atoms with E-state index in [1.165, 1.54) is 0 Å². The number of rotatable bonds is 0. The number of aromatic nitrogens is 2. The molecule has 0 aliphatic rings. The van der Waals surface area contributed by atoms with Crippen LogP contribution in [0.3, 0.4) is 0 Å². The molecule has 2 aromatic heterocycles. The number of halogens is 1. The summed E-state index contributed by atoms with van der Waals surface area (Å²) in [5.41, 5.74) is 1.41. The highest BCUT2D eigenvalue weighted by molar-refractivity contribution is 14.1. The summed E-state index contributed by atoms with van der Waals surface area (Å²) >= 11 is 2.22. The number of aromatic amines is 1. The van der Waals surface area contributed by atoms with Crippen LogP contribution in [0.4, 0.5) is 0 Å². The lowest BCUT2D eigenvalue weighted by Crippen LogP contribution is -1.80. The molecule has 1 N–H and O–H groups in total. The van der Waals surface area contributed by atoms with Crippen molar-refractivity contribution < 1.29 is 0 Å². The normalized spacial score (nSPS) is 10.0. The van der Waals surface area contributed by atoms with Crippen molar-refractivity contribution in [3.63, 3.8) is 0 Å². The SMILES string of the molecule is N#Cc1cc2[nH]cc(I)c2cn1. The maximum Gasteiger partial charge on any atom is 0.142 e. The van der Waals surface area contributed by atoms with Crippen molar-refractivity contribution in [3.8, 4) is 6.07 Å². The van der Waals surface area contributed by atoms with E-state index in [9.17, 15) is 0 Å². The van der Waals surface area contributed by atoms with Gasteiger partial charge in [0, 0.05) is 21.4 Å². The summed E-state index contributed by atoms with van der Waals surface area (Å²) in [5.74, 6) is 0. The Hall–Kier alpha value is -1.09. The summed E-state index contributed by atoms with van der Waals surface area (Å²) in [6, 6.07) is 3.74. The smallest absolute Gasteiger partial charge is 0.142 e. The van der Waals surface area contributed by atoms with Crippen molar-refractivity contribution in [3.05, 3.63) is 27.7 Å². The van der Waals surface area contributed by atoms with Gasteiger partial charge >= 0.3 is 0 Å². The molecule has 58 valence electrons. The van der Waals surface area contributed by atoms with Gasteiger partial charge in [-0.25, -0.2) is 4.98 Å². The fourth-order valence-electron chi connectivity index (χ4n) is 1.05. The lowest BCUT2D eigenvalue weighted by molar-refractivity contribution is 1.28. The summed E-state index contributed by atoms with van der Waals surface area (Å²) in [4.78, 5) is 7.04. The Morgan fingerprint density at radius 3 is 3.17 bits per heavy atom. The fourth-order valence-corrected chi connectivity index (χ4v) is 1.63. The molecule has 0 bridgehead atoms. The lowest BCUT2D eigenvalue weighted by Gasteiger charge is -1.89. The van der Waals surface area contributed by atoms with Gasteiger partial charge in [0.1, 0.15) is 11.8 Å². The summed E-state index contributed by atoms with van der Waals surface area (Å²) in [6.45, 7) is 0. The Labute approximate surface area is 82.6 Å². The quantitative estimate of drug-likeness (QED) is 0.744. The van der Waals surface area contributed by atoms with E-state index >= 15 is 0 Å². The van der Waals surface area contributed by atoms with E-state index in [4.69, 9.17) is 5.26 Å². The molecule has 0 fully saturated rings. The molecule has 2 rings (SSSR count). The molecule has 12 heavy (non-hydrogen) atoms. The van der Waals surface area contributed by atoms with Crippen LogP contribution in [0.25, 0.3) is 10.9 Å². The van der Waals surface area contributed by atoms with Crippen LogP contribution < -0.4 is 0 Å². The van der Waals surface area contributed by atoms with E-state index in [0.717, 1.165) is 14.5 Å². The maximum atomic E-state index is 8.58. The third-order valence-corrected chi connectivity index (χ3v) is 2.52. The molecule has 0 unspecified atom stereocenters. The molecule has 0 saturated carbocycles. The molecule has 3 nitrogen and oxygen atoms in total. The molecular formula is C8H4IN3.